The lowest BCUT2D eigenvalue weighted by Crippen LogP contribution is -2.02. The molecule has 0 amide bonds. The molecule has 88 valence electrons. The van der Waals surface area contributed by atoms with Crippen molar-refractivity contribution in [1.29, 1.82) is 0 Å². The van der Waals surface area contributed by atoms with Gasteiger partial charge in [0.2, 0.25) is 5.88 Å². The molecule has 2 N–H and O–H groups in total. The Balaban J connectivity index is 2.50. The van der Waals surface area contributed by atoms with Gasteiger partial charge >= 0.3 is 0 Å². The molecule has 0 unspecified atom stereocenters. The lowest BCUT2D eigenvalue weighted by Gasteiger charge is -2.08. The number of benzene rings is 1. The van der Waals surface area contributed by atoms with Crippen LogP contribution in [-0.2, 0) is 6.54 Å². The van der Waals surface area contributed by atoms with Crippen LogP contribution in [0.1, 0.15) is 5.56 Å². The molecule has 4 heteroatoms. The first-order chi connectivity index (χ1) is 8.26. The van der Waals surface area contributed by atoms with E-state index in [2.05, 4.69) is 4.98 Å². The Morgan fingerprint density at radius 3 is 2.76 bits per heavy atom. The largest absolute Gasteiger partial charge is 0.481 e. The van der Waals surface area contributed by atoms with E-state index in [9.17, 15) is 4.39 Å². The maximum absolute atomic E-state index is 13.6. The van der Waals surface area contributed by atoms with Crippen LogP contribution >= 0.6 is 0 Å². The summed E-state index contributed by atoms with van der Waals surface area (Å²) < 4.78 is 18.7. The zero-order chi connectivity index (χ0) is 12.3. The Morgan fingerprint density at radius 2 is 2.12 bits per heavy atom. The number of hydrogen-bond donors (Lipinski definition) is 1. The average Bonchev–Trinajstić information content (AvgIpc) is 2.38. The summed E-state index contributed by atoms with van der Waals surface area (Å²) in [6.07, 6.45) is 1.58. The minimum absolute atomic E-state index is 0.276. The molecule has 1 aromatic heterocycles. The minimum atomic E-state index is -0.276. The van der Waals surface area contributed by atoms with Gasteiger partial charge in [0, 0.05) is 29.4 Å². The molecular formula is C13H13FN2O. The number of nitrogens with two attached hydrogens (primary N) is 1. The van der Waals surface area contributed by atoms with Crippen molar-refractivity contribution in [2.75, 3.05) is 7.11 Å². The standard InChI is InChI=1S/C13H13FN2O/c1-17-13-9(7-15)6-10(8-16-13)11-4-2-3-5-12(11)14/h2-6,8H,7,15H2,1H3. The van der Waals surface area contributed by atoms with Crippen molar-refractivity contribution in [1.82, 2.24) is 4.98 Å². The van der Waals surface area contributed by atoms with E-state index in [1.807, 2.05) is 0 Å². The van der Waals surface area contributed by atoms with Gasteiger partial charge in [0.05, 0.1) is 7.11 Å². The topological polar surface area (TPSA) is 48.1 Å². The van der Waals surface area contributed by atoms with Crippen LogP contribution in [0.3, 0.4) is 0 Å². The molecular weight excluding hydrogens is 219 g/mol. The number of hydrogen-bond acceptors (Lipinski definition) is 3. The van der Waals surface area contributed by atoms with E-state index in [1.54, 1.807) is 30.5 Å². The van der Waals surface area contributed by atoms with Gasteiger partial charge in [-0.3, -0.25) is 0 Å². The summed E-state index contributed by atoms with van der Waals surface area (Å²) >= 11 is 0. The summed E-state index contributed by atoms with van der Waals surface area (Å²) in [6, 6.07) is 8.36. The fourth-order valence-electron chi connectivity index (χ4n) is 1.67. The summed E-state index contributed by atoms with van der Waals surface area (Å²) in [5.41, 5.74) is 7.57. The van der Waals surface area contributed by atoms with Crippen LogP contribution in [0.4, 0.5) is 4.39 Å². The molecule has 0 bridgehead atoms. The quantitative estimate of drug-likeness (QED) is 0.883. The molecule has 0 radical (unpaired) electrons. The lowest BCUT2D eigenvalue weighted by atomic mass is 10.1. The highest BCUT2D eigenvalue weighted by atomic mass is 19.1. The molecule has 0 aliphatic carbocycles. The van der Waals surface area contributed by atoms with E-state index in [-0.39, 0.29) is 5.82 Å². The first-order valence-corrected chi connectivity index (χ1v) is 5.24. The monoisotopic (exact) mass is 232 g/mol. The Kier molecular flexibility index (Phi) is 3.35. The van der Waals surface area contributed by atoms with Crippen LogP contribution in [-0.4, -0.2) is 12.1 Å². The smallest absolute Gasteiger partial charge is 0.217 e. The average molecular weight is 232 g/mol. The molecule has 0 aliphatic rings. The number of aromatic nitrogens is 1. The molecule has 3 nitrogen and oxygen atoms in total. The summed E-state index contributed by atoms with van der Waals surface area (Å²) in [6.45, 7) is 0.304. The van der Waals surface area contributed by atoms with Gasteiger partial charge in [-0.2, -0.15) is 0 Å². The number of rotatable bonds is 3. The predicted molar refractivity (Wildman–Crippen MR) is 64.1 cm³/mol. The summed E-state index contributed by atoms with van der Waals surface area (Å²) in [5.74, 6) is 0.204. The van der Waals surface area contributed by atoms with Crippen LogP contribution in [0.2, 0.25) is 0 Å². The Bertz CT molecular complexity index is 529. The third-order valence-corrected chi connectivity index (χ3v) is 2.52. The van der Waals surface area contributed by atoms with Gasteiger partial charge in [-0.25, -0.2) is 9.37 Å². The maximum Gasteiger partial charge on any atom is 0.217 e. The normalized spacial score (nSPS) is 10.3. The van der Waals surface area contributed by atoms with Crippen LogP contribution in [0.15, 0.2) is 36.5 Å². The Labute approximate surface area is 99.1 Å². The molecule has 2 rings (SSSR count). The lowest BCUT2D eigenvalue weighted by molar-refractivity contribution is 0.393. The zero-order valence-electron chi connectivity index (χ0n) is 9.48. The van der Waals surface area contributed by atoms with Crippen LogP contribution in [0, 0.1) is 5.82 Å². The Morgan fingerprint density at radius 1 is 1.35 bits per heavy atom. The van der Waals surface area contributed by atoms with Crippen molar-refractivity contribution in [3.05, 3.63) is 47.9 Å². The first-order valence-electron chi connectivity index (χ1n) is 5.24. The molecule has 0 saturated carbocycles. The number of halogens is 1. The summed E-state index contributed by atoms with van der Waals surface area (Å²) in [5, 5.41) is 0. The molecule has 1 heterocycles. The van der Waals surface area contributed by atoms with Crippen molar-refractivity contribution in [2.24, 2.45) is 5.73 Å². The highest BCUT2D eigenvalue weighted by Crippen LogP contribution is 2.25. The van der Waals surface area contributed by atoms with Gasteiger partial charge in [-0.05, 0) is 12.1 Å². The van der Waals surface area contributed by atoms with Crippen LogP contribution in [0.25, 0.3) is 11.1 Å². The molecule has 0 atom stereocenters. The van der Waals surface area contributed by atoms with E-state index < -0.39 is 0 Å². The Hall–Kier alpha value is -1.94. The van der Waals surface area contributed by atoms with E-state index >= 15 is 0 Å². The highest BCUT2D eigenvalue weighted by molar-refractivity contribution is 5.64. The minimum Gasteiger partial charge on any atom is -0.481 e. The fourth-order valence-corrected chi connectivity index (χ4v) is 1.67. The molecule has 0 fully saturated rings. The number of nitrogens with zero attached hydrogens (tertiary/aromatic N) is 1. The summed E-state index contributed by atoms with van der Waals surface area (Å²) in [7, 11) is 1.53. The van der Waals surface area contributed by atoms with Gasteiger partial charge in [0.25, 0.3) is 0 Å². The second kappa shape index (κ2) is 4.93. The molecule has 1 aromatic carbocycles. The molecule has 17 heavy (non-hydrogen) atoms. The predicted octanol–water partition coefficient (Wildman–Crippen LogP) is 2.35. The van der Waals surface area contributed by atoms with E-state index in [0.29, 0.717) is 23.6 Å². The number of ether oxygens (including phenoxy) is 1. The van der Waals surface area contributed by atoms with Gasteiger partial charge < -0.3 is 10.5 Å². The fraction of sp³-hybridized carbons (Fsp3) is 0.154. The van der Waals surface area contributed by atoms with Crippen molar-refractivity contribution < 1.29 is 9.13 Å². The first kappa shape index (κ1) is 11.5. The van der Waals surface area contributed by atoms with E-state index in [1.165, 1.54) is 13.2 Å². The van der Waals surface area contributed by atoms with Crippen molar-refractivity contribution in [3.8, 4) is 17.0 Å². The maximum atomic E-state index is 13.6. The molecule has 0 spiro atoms. The third-order valence-electron chi connectivity index (χ3n) is 2.52. The van der Waals surface area contributed by atoms with Gasteiger partial charge in [-0.15, -0.1) is 0 Å². The SMILES string of the molecule is COc1ncc(-c2ccccc2F)cc1CN. The van der Waals surface area contributed by atoms with Crippen molar-refractivity contribution >= 4 is 0 Å². The second-order valence-electron chi connectivity index (χ2n) is 3.58. The van der Waals surface area contributed by atoms with E-state index in [4.69, 9.17) is 10.5 Å². The van der Waals surface area contributed by atoms with Crippen LogP contribution < -0.4 is 10.5 Å². The molecule has 0 saturated heterocycles. The number of methoxy groups -OCH3 is 1. The van der Waals surface area contributed by atoms with Crippen molar-refractivity contribution in [3.63, 3.8) is 0 Å². The molecule has 2 aromatic rings. The highest BCUT2D eigenvalue weighted by Gasteiger charge is 2.08. The second-order valence-corrected chi connectivity index (χ2v) is 3.58. The van der Waals surface area contributed by atoms with E-state index in [0.717, 1.165) is 5.56 Å². The van der Waals surface area contributed by atoms with Gasteiger partial charge in [0.1, 0.15) is 5.82 Å². The summed E-state index contributed by atoms with van der Waals surface area (Å²) in [4.78, 5) is 4.12. The van der Waals surface area contributed by atoms with Gasteiger partial charge in [0.15, 0.2) is 0 Å². The molecule has 0 aliphatic heterocycles. The number of pyridine rings is 1. The van der Waals surface area contributed by atoms with Crippen LogP contribution in [0.5, 0.6) is 5.88 Å². The van der Waals surface area contributed by atoms with Crippen molar-refractivity contribution in [2.45, 2.75) is 6.54 Å². The zero-order valence-corrected chi connectivity index (χ0v) is 9.48. The third kappa shape index (κ3) is 2.26. The van der Waals surface area contributed by atoms with Gasteiger partial charge in [-0.1, -0.05) is 18.2 Å².